The molecule has 2 unspecified atom stereocenters. The van der Waals surface area contributed by atoms with Gasteiger partial charge in [0.05, 0.1) is 18.3 Å². The van der Waals surface area contributed by atoms with E-state index in [1.165, 1.54) is 52.2 Å². The van der Waals surface area contributed by atoms with Crippen LogP contribution in [0, 0.1) is 5.92 Å². The van der Waals surface area contributed by atoms with Crippen LogP contribution in [0.2, 0.25) is 5.02 Å². The highest BCUT2D eigenvalue weighted by Gasteiger charge is 2.58. The molecule has 8 heteroatoms. The molecule has 2 heterocycles. The van der Waals surface area contributed by atoms with Crippen molar-refractivity contribution in [3.05, 3.63) is 69.7 Å². The van der Waals surface area contributed by atoms with E-state index < -0.39 is 29.9 Å². The second-order valence-corrected chi connectivity index (χ2v) is 12.6. The molecule has 2 aliphatic heterocycles. The summed E-state index contributed by atoms with van der Waals surface area (Å²) in [6.45, 7) is 7.40. The molecule has 0 radical (unpaired) electrons. The van der Waals surface area contributed by atoms with Gasteiger partial charge in [0.1, 0.15) is 6.10 Å². The van der Waals surface area contributed by atoms with E-state index in [9.17, 15) is 9.59 Å². The molecule has 7 nitrogen and oxygen atoms in total. The Morgan fingerprint density at radius 2 is 1.71 bits per heavy atom. The Labute approximate surface area is 254 Å². The first kappa shape index (κ1) is 31.0. The molecule has 0 bridgehead atoms. The molecule has 3 aliphatic rings. The van der Waals surface area contributed by atoms with Gasteiger partial charge in [-0.3, -0.25) is 9.59 Å². The van der Waals surface area contributed by atoms with Gasteiger partial charge in [0.25, 0.3) is 0 Å². The van der Waals surface area contributed by atoms with Crippen molar-refractivity contribution in [2.24, 2.45) is 5.92 Å². The fourth-order valence-corrected chi connectivity index (χ4v) is 7.42. The Morgan fingerprint density at radius 3 is 2.33 bits per heavy atom. The number of esters is 2. The van der Waals surface area contributed by atoms with Gasteiger partial charge in [-0.05, 0) is 60.9 Å². The van der Waals surface area contributed by atoms with Crippen molar-refractivity contribution >= 4 is 23.5 Å². The third-order valence-electron chi connectivity index (χ3n) is 9.42. The molecule has 0 aromatic heterocycles. The Bertz CT molecular complexity index is 1270. The van der Waals surface area contributed by atoms with Gasteiger partial charge >= 0.3 is 11.9 Å². The molecular formula is C34H43ClO7. The molecule has 42 heavy (non-hydrogen) atoms. The van der Waals surface area contributed by atoms with E-state index in [1.807, 2.05) is 32.0 Å². The number of hydrogen-bond donors (Lipinski definition) is 0. The Balaban J connectivity index is 1.43. The van der Waals surface area contributed by atoms with Crippen LogP contribution in [0.4, 0.5) is 0 Å². The first-order chi connectivity index (χ1) is 20.1. The number of methoxy groups -OCH3 is 1. The lowest BCUT2D eigenvalue weighted by Gasteiger charge is -2.50. The number of carbonyl (C=O) groups excluding carboxylic acids is 2. The molecule has 1 saturated carbocycles. The van der Waals surface area contributed by atoms with Crippen LogP contribution in [-0.2, 0) is 45.5 Å². The number of hydrogen-bond acceptors (Lipinski definition) is 7. The number of ether oxygens (including phenoxy) is 5. The standard InChI is InChI=1S/C34H43ClO7/c1-6-30-21(2)31(40-22(3)36)32(41-23(4)37)34(38-5,42-30)28-13-14-29(35)26(18-28)17-24-9-11-25(12-10-24)27-19-33(39-20-27)15-7-8-16-33/h9-14,18,21,27,30-32H,6-8,15-17,19-20H2,1-5H3/t21-,27?,30-,31+,32-,34?/m1/s1. The summed E-state index contributed by atoms with van der Waals surface area (Å²) in [6.07, 6.45) is 5.16. The number of carbonyl (C=O) groups is 2. The molecule has 2 aromatic rings. The first-order valence-corrected chi connectivity index (χ1v) is 15.6. The molecule has 6 atom stereocenters. The van der Waals surface area contributed by atoms with Crippen LogP contribution in [-0.4, -0.2) is 49.6 Å². The van der Waals surface area contributed by atoms with E-state index in [-0.39, 0.29) is 17.6 Å². The van der Waals surface area contributed by atoms with Gasteiger partial charge in [0, 0.05) is 43.4 Å². The molecular weight excluding hydrogens is 556 g/mol. The quantitative estimate of drug-likeness (QED) is 0.307. The van der Waals surface area contributed by atoms with E-state index in [0.717, 1.165) is 24.2 Å². The first-order valence-electron chi connectivity index (χ1n) is 15.2. The second kappa shape index (κ2) is 12.7. The molecule has 5 rings (SSSR count). The summed E-state index contributed by atoms with van der Waals surface area (Å²) >= 11 is 6.72. The van der Waals surface area contributed by atoms with E-state index in [4.69, 9.17) is 35.3 Å². The van der Waals surface area contributed by atoms with Gasteiger partial charge in [-0.1, -0.05) is 68.6 Å². The lowest BCUT2D eigenvalue weighted by molar-refractivity contribution is -0.356. The SMILES string of the molecule is CC[C@H]1OC(OC)(c2ccc(Cl)c(Cc3ccc(C4COC5(CCCC5)C4)cc3)c2)[C@H](OC(C)=O)[C@@H](OC(C)=O)[C@@H]1C. The summed E-state index contributed by atoms with van der Waals surface area (Å²) in [5, 5.41) is 0.609. The van der Waals surface area contributed by atoms with Crippen molar-refractivity contribution in [1.82, 2.24) is 0 Å². The summed E-state index contributed by atoms with van der Waals surface area (Å²) in [6, 6.07) is 14.3. The lowest BCUT2D eigenvalue weighted by Crippen LogP contribution is -2.62. The average Bonchev–Trinajstić information content (AvgIpc) is 3.61. The van der Waals surface area contributed by atoms with Gasteiger partial charge in [-0.15, -0.1) is 0 Å². The molecule has 1 aliphatic carbocycles. The smallest absolute Gasteiger partial charge is 0.303 e. The highest BCUT2D eigenvalue weighted by molar-refractivity contribution is 6.31. The van der Waals surface area contributed by atoms with Crippen molar-refractivity contribution in [3.63, 3.8) is 0 Å². The van der Waals surface area contributed by atoms with E-state index >= 15 is 0 Å². The van der Waals surface area contributed by atoms with Crippen molar-refractivity contribution in [2.45, 2.75) is 108 Å². The lowest BCUT2D eigenvalue weighted by atomic mass is 9.81. The van der Waals surface area contributed by atoms with Crippen LogP contribution in [0.15, 0.2) is 42.5 Å². The zero-order valence-corrected chi connectivity index (χ0v) is 26.1. The second-order valence-electron chi connectivity index (χ2n) is 12.2. The minimum absolute atomic E-state index is 0.100. The average molecular weight is 599 g/mol. The Morgan fingerprint density at radius 1 is 1.02 bits per heavy atom. The van der Waals surface area contributed by atoms with E-state index in [0.29, 0.717) is 29.3 Å². The summed E-state index contributed by atoms with van der Waals surface area (Å²) in [5.41, 5.74) is 4.06. The zero-order chi connectivity index (χ0) is 30.1. The Hall–Kier alpha value is -2.45. The van der Waals surface area contributed by atoms with Crippen molar-refractivity contribution in [3.8, 4) is 0 Å². The van der Waals surface area contributed by atoms with Crippen molar-refractivity contribution in [1.29, 1.82) is 0 Å². The number of benzene rings is 2. The predicted molar refractivity (Wildman–Crippen MR) is 159 cm³/mol. The minimum Gasteiger partial charge on any atom is -0.458 e. The van der Waals surface area contributed by atoms with Crippen LogP contribution >= 0.6 is 11.6 Å². The van der Waals surface area contributed by atoms with E-state index in [1.54, 1.807) is 0 Å². The van der Waals surface area contributed by atoms with Gasteiger partial charge < -0.3 is 23.7 Å². The molecule has 2 aromatic carbocycles. The highest BCUT2D eigenvalue weighted by Crippen LogP contribution is 2.47. The maximum absolute atomic E-state index is 12.3. The van der Waals surface area contributed by atoms with E-state index in [2.05, 4.69) is 24.3 Å². The summed E-state index contributed by atoms with van der Waals surface area (Å²) in [7, 11) is 1.51. The fourth-order valence-electron chi connectivity index (χ4n) is 7.24. The molecule has 2 saturated heterocycles. The molecule has 1 spiro atoms. The maximum atomic E-state index is 12.3. The largest absolute Gasteiger partial charge is 0.458 e. The van der Waals surface area contributed by atoms with Crippen LogP contribution in [0.3, 0.4) is 0 Å². The molecule has 0 amide bonds. The molecule has 228 valence electrons. The highest BCUT2D eigenvalue weighted by atomic mass is 35.5. The van der Waals surface area contributed by atoms with Crippen molar-refractivity contribution in [2.75, 3.05) is 13.7 Å². The van der Waals surface area contributed by atoms with Gasteiger partial charge in [0.15, 0.2) is 6.10 Å². The summed E-state index contributed by atoms with van der Waals surface area (Å²) in [4.78, 5) is 24.4. The van der Waals surface area contributed by atoms with Gasteiger partial charge in [-0.2, -0.15) is 0 Å². The van der Waals surface area contributed by atoms with Crippen LogP contribution < -0.4 is 0 Å². The van der Waals surface area contributed by atoms with Gasteiger partial charge in [-0.25, -0.2) is 0 Å². The van der Waals surface area contributed by atoms with Crippen LogP contribution in [0.5, 0.6) is 0 Å². The topological polar surface area (TPSA) is 80.3 Å². The normalized spacial score (nSPS) is 30.4. The van der Waals surface area contributed by atoms with Crippen LogP contribution in [0.1, 0.15) is 94.4 Å². The maximum Gasteiger partial charge on any atom is 0.303 e. The number of rotatable bonds is 8. The molecule has 3 fully saturated rings. The van der Waals surface area contributed by atoms with Crippen LogP contribution in [0.25, 0.3) is 0 Å². The van der Waals surface area contributed by atoms with Crippen molar-refractivity contribution < 1.29 is 33.3 Å². The number of halogens is 1. The zero-order valence-electron chi connectivity index (χ0n) is 25.3. The Kier molecular flexibility index (Phi) is 9.33. The van der Waals surface area contributed by atoms with Gasteiger partial charge in [0.2, 0.25) is 5.79 Å². The third kappa shape index (κ3) is 6.12. The summed E-state index contributed by atoms with van der Waals surface area (Å²) < 4.78 is 30.5. The monoisotopic (exact) mass is 598 g/mol. The third-order valence-corrected chi connectivity index (χ3v) is 9.79. The molecule has 0 N–H and O–H groups in total. The summed E-state index contributed by atoms with van der Waals surface area (Å²) in [5.74, 6) is -2.28. The fraction of sp³-hybridized carbons (Fsp3) is 0.588. The minimum atomic E-state index is -1.50. The predicted octanol–water partition coefficient (Wildman–Crippen LogP) is 6.86.